The topological polar surface area (TPSA) is 125 Å². The van der Waals surface area contributed by atoms with E-state index >= 15 is 0 Å². The molecule has 9 heteroatoms. The number of halogens is 1. The van der Waals surface area contributed by atoms with Gasteiger partial charge in [0.2, 0.25) is 0 Å². The predicted octanol–water partition coefficient (Wildman–Crippen LogP) is 4.38. The fraction of sp³-hybridized carbons (Fsp3) is 0.192. The molecule has 1 aliphatic rings. The molecule has 0 fully saturated rings. The number of amides is 2. The van der Waals surface area contributed by atoms with Gasteiger partial charge in [0.05, 0.1) is 18.2 Å². The number of anilines is 1. The zero-order chi connectivity index (χ0) is 24.9. The molecule has 0 saturated carbocycles. The number of fused-ring (bicyclic) bond motifs is 3. The third kappa shape index (κ3) is 5.70. The molecule has 35 heavy (non-hydrogen) atoms. The molecule has 8 nitrogen and oxygen atoms in total. The smallest absolute Gasteiger partial charge is 0.411 e. The van der Waals surface area contributed by atoms with Crippen molar-refractivity contribution in [2.24, 2.45) is 0 Å². The molecule has 0 aromatic heterocycles. The summed E-state index contributed by atoms with van der Waals surface area (Å²) < 4.78 is 6.10. The van der Waals surface area contributed by atoms with Gasteiger partial charge >= 0.3 is 12.1 Å². The summed E-state index contributed by atoms with van der Waals surface area (Å²) in [6.45, 7) is -0.0601. The molecule has 0 saturated heterocycles. The van der Waals surface area contributed by atoms with E-state index in [1.165, 1.54) is 12.1 Å². The Morgan fingerprint density at radius 2 is 1.60 bits per heavy atom. The first kappa shape index (κ1) is 24.4. The summed E-state index contributed by atoms with van der Waals surface area (Å²) in [7, 11) is 0. The van der Waals surface area contributed by atoms with Crippen LogP contribution in [0.2, 0.25) is 0 Å². The Morgan fingerprint density at radius 3 is 2.23 bits per heavy atom. The molecule has 0 aliphatic heterocycles. The first-order valence-corrected chi connectivity index (χ1v) is 11.7. The van der Waals surface area contributed by atoms with E-state index in [1.54, 1.807) is 6.07 Å². The van der Waals surface area contributed by atoms with Crippen molar-refractivity contribution in [3.63, 3.8) is 0 Å². The number of ether oxygens (including phenoxy) is 1. The average Bonchev–Trinajstić information content (AvgIpc) is 3.16. The second kappa shape index (κ2) is 10.7. The van der Waals surface area contributed by atoms with E-state index in [9.17, 15) is 19.5 Å². The lowest BCUT2D eigenvalue weighted by Gasteiger charge is -2.15. The van der Waals surface area contributed by atoms with Crippen LogP contribution in [0.25, 0.3) is 11.1 Å². The quantitative estimate of drug-likeness (QED) is 0.337. The van der Waals surface area contributed by atoms with E-state index in [-0.39, 0.29) is 24.6 Å². The monoisotopic (exact) mass is 538 g/mol. The van der Waals surface area contributed by atoms with Crippen LogP contribution in [-0.2, 0) is 9.53 Å². The minimum Gasteiger partial charge on any atom is -0.481 e. The van der Waals surface area contributed by atoms with Gasteiger partial charge in [-0.15, -0.1) is 0 Å². The highest BCUT2D eigenvalue weighted by molar-refractivity contribution is 9.10. The zero-order valence-electron chi connectivity index (χ0n) is 18.5. The molecule has 1 atom stereocenters. The Bertz CT molecular complexity index is 1230. The predicted molar refractivity (Wildman–Crippen MR) is 133 cm³/mol. The van der Waals surface area contributed by atoms with E-state index in [0.29, 0.717) is 10.2 Å². The maximum absolute atomic E-state index is 12.6. The van der Waals surface area contributed by atoms with Crippen LogP contribution in [0.3, 0.4) is 0 Å². The van der Waals surface area contributed by atoms with Crippen molar-refractivity contribution in [2.45, 2.75) is 18.4 Å². The van der Waals surface area contributed by atoms with Gasteiger partial charge in [0, 0.05) is 22.5 Å². The van der Waals surface area contributed by atoms with Crippen LogP contribution in [0.5, 0.6) is 0 Å². The molecule has 4 N–H and O–H groups in total. The van der Waals surface area contributed by atoms with E-state index in [4.69, 9.17) is 9.84 Å². The molecule has 2 amide bonds. The van der Waals surface area contributed by atoms with Crippen LogP contribution >= 0.6 is 15.9 Å². The first-order valence-electron chi connectivity index (χ1n) is 10.9. The molecular weight excluding hydrogens is 516 g/mol. The number of hydrogen-bond donors (Lipinski definition) is 4. The number of benzene rings is 3. The van der Waals surface area contributed by atoms with Gasteiger partial charge < -0.3 is 20.3 Å². The van der Waals surface area contributed by atoms with Crippen molar-refractivity contribution in [1.82, 2.24) is 5.32 Å². The summed E-state index contributed by atoms with van der Waals surface area (Å²) in [6, 6.07) is 20.7. The molecule has 0 heterocycles. The maximum atomic E-state index is 12.6. The zero-order valence-corrected chi connectivity index (χ0v) is 20.1. The Kier molecular flexibility index (Phi) is 7.48. The van der Waals surface area contributed by atoms with Gasteiger partial charge in [0.25, 0.3) is 5.91 Å². The van der Waals surface area contributed by atoms with Crippen LogP contribution in [0.1, 0.15) is 33.8 Å². The summed E-state index contributed by atoms with van der Waals surface area (Å²) in [4.78, 5) is 35.6. The Hall–Kier alpha value is -3.69. The minimum absolute atomic E-state index is 0.0778. The lowest BCUT2D eigenvalue weighted by Crippen LogP contribution is -2.33. The molecule has 180 valence electrons. The molecule has 1 unspecified atom stereocenters. The third-order valence-electron chi connectivity index (χ3n) is 5.72. The van der Waals surface area contributed by atoms with Crippen LogP contribution in [0, 0.1) is 0 Å². The molecule has 1 aliphatic carbocycles. The molecule has 0 radical (unpaired) electrons. The van der Waals surface area contributed by atoms with Gasteiger partial charge in [-0.1, -0.05) is 48.5 Å². The van der Waals surface area contributed by atoms with Gasteiger partial charge in [-0.05, 0) is 56.4 Å². The lowest BCUT2D eigenvalue weighted by atomic mass is 9.98. The number of nitrogens with one attached hydrogen (secondary N) is 2. The third-order valence-corrected chi connectivity index (χ3v) is 6.41. The van der Waals surface area contributed by atoms with Crippen LogP contribution in [0.4, 0.5) is 10.5 Å². The average molecular weight is 539 g/mol. The van der Waals surface area contributed by atoms with Crippen LogP contribution in [-0.4, -0.2) is 47.4 Å². The Morgan fingerprint density at radius 1 is 0.971 bits per heavy atom. The van der Waals surface area contributed by atoms with E-state index in [0.717, 1.165) is 22.3 Å². The van der Waals surface area contributed by atoms with E-state index in [1.807, 2.05) is 36.4 Å². The largest absolute Gasteiger partial charge is 0.481 e. The minimum atomic E-state index is -1.20. The number of aliphatic hydroxyl groups is 1. The van der Waals surface area contributed by atoms with Crippen molar-refractivity contribution in [3.05, 3.63) is 87.9 Å². The number of aliphatic carboxylic acids is 1. The molecular formula is C26H23BrN2O6. The summed E-state index contributed by atoms with van der Waals surface area (Å²) >= 11 is 3.35. The summed E-state index contributed by atoms with van der Waals surface area (Å²) in [5.74, 6) is -1.76. The number of hydrogen-bond acceptors (Lipinski definition) is 5. The SMILES string of the molecule is O=C(O)CC(O)CNC(=O)c1ccc(Br)c(NC(=O)OCC2c3ccccc3-c3ccccc32)c1. The normalized spacial score (nSPS) is 12.9. The van der Waals surface area contributed by atoms with Gasteiger partial charge in [0.15, 0.2) is 0 Å². The molecule has 0 bridgehead atoms. The maximum Gasteiger partial charge on any atom is 0.411 e. The highest BCUT2D eigenvalue weighted by Crippen LogP contribution is 2.44. The van der Waals surface area contributed by atoms with Gasteiger partial charge in [0.1, 0.15) is 6.61 Å². The summed E-state index contributed by atoms with van der Waals surface area (Å²) in [5, 5.41) is 23.5. The molecule has 3 aromatic rings. The van der Waals surface area contributed by atoms with E-state index in [2.05, 4.69) is 38.7 Å². The van der Waals surface area contributed by atoms with Crippen molar-refractivity contribution in [3.8, 4) is 11.1 Å². The second-order valence-electron chi connectivity index (χ2n) is 8.11. The lowest BCUT2D eigenvalue weighted by molar-refractivity contribution is -0.139. The van der Waals surface area contributed by atoms with Gasteiger partial charge in [-0.2, -0.15) is 0 Å². The number of carbonyl (C=O) groups is 3. The Balaban J connectivity index is 1.39. The van der Waals surface area contributed by atoms with Crippen LogP contribution in [0.15, 0.2) is 71.2 Å². The van der Waals surface area contributed by atoms with Gasteiger partial charge in [-0.25, -0.2) is 4.79 Å². The summed E-state index contributed by atoms with van der Waals surface area (Å²) in [5.41, 5.74) is 5.03. The molecule has 0 spiro atoms. The second-order valence-corrected chi connectivity index (χ2v) is 8.96. The van der Waals surface area contributed by atoms with Crippen LogP contribution < -0.4 is 10.6 Å². The number of aliphatic hydroxyl groups excluding tert-OH is 1. The number of rotatable bonds is 8. The standard InChI is InChI=1S/C26H23BrN2O6/c27-22-10-9-15(25(33)28-13-16(30)12-24(31)32)11-23(22)29-26(34)35-14-21-19-7-3-1-5-17(19)18-6-2-4-8-20(18)21/h1-11,16,21,30H,12-14H2,(H,28,33)(H,29,34)(H,31,32). The number of carbonyl (C=O) groups excluding carboxylic acids is 2. The van der Waals surface area contributed by atoms with Gasteiger partial charge in [-0.3, -0.25) is 14.9 Å². The van der Waals surface area contributed by atoms with E-state index < -0.39 is 30.5 Å². The number of carboxylic acid groups (broad SMARTS) is 1. The fourth-order valence-electron chi connectivity index (χ4n) is 4.09. The molecule has 4 rings (SSSR count). The highest BCUT2D eigenvalue weighted by atomic mass is 79.9. The highest BCUT2D eigenvalue weighted by Gasteiger charge is 2.29. The van der Waals surface area contributed by atoms with Crippen molar-refractivity contribution >= 4 is 39.6 Å². The van der Waals surface area contributed by atoms with Crippen molar-refractivity contribution < 1.29 is 29.3 Å². The Labute approximate surface area is 210 Å². The molecule has 3 aromatic carbocycles. The van der Waals surface area contributed by atoms with Crippen molar-refractivity contribution in [1.29, 1.82) is 0 Å². The van der Waals surface area contributed by atoms with Crippen molar-refractivity contribution in [2.75, 3.05) is 18.5 Å². The first-order chi connectivity index (χ1) is 16.8. The number of carboxylic acids is 1. The summed E-state index contributed by atoms with van der Waals surface area (Å²) in [6.07, 6.45) is -2.35. The fourth-order valence-corrected chi connectivity index (χ4v) is 4.44.